The molecule has 1 heterocycles. The first-order valence-electron chi connectivity index (χ1n) is 7.87. The first-order valence-corrected chi connectivity index (χ1v) is 8.75. The molecule has 7 heteroatoms. The van der Waals surface area contributed by atoms with Gasteiger partial charge in [0.15, 0.2) is 5.17 Å². The summed E-state index contributed by atoms with van der Waals surface area (Å²) in [5.74, 6) is 0.290. The molecule has 0 bridgehead atoms. The molecule has 0 spiro atoms. The third kappa shape index (κ3) is 7.38. The van der Waals surface area contributed by atoms with Crippen molar-refractivity contribution >= 4 is 22.8 Å². The van der Waals surface area contributed by atoms with Crippen molar-refractivity contribution in [2.75, 3.05) is 0 Å². The molecule has 1 unspecified atom stereocenters. The molecule has 1 fully saturated rings. The lowest BCUT2D eigenvalue weighted by Crippen LogP contribution is -2.27. The number of carbonyl (C=O) groups is 1. The van der Waals surface area contributed by atoms with Crippen LogP contribution in [-0.2, 0) is 17.4 Å². The molecule has 0 radical (unpaired) electrons. The Balaban J connectivity index is 0.000000405. The number of rotatable bonds is 2. The number of amidine groups is 1. The first kappa shape index (κ1) is 22.5. The van der Waals surface area contributed by atoms with Gasteiger partial charge in [0.1, 0.15) is 0 Å². The number of benzene rings is 1. The molecule has 1 aliphatic heterocycles. The van der Waals surface area contributed by atoms with Gasteiger partial charge in [-0.05, 0) is 24.0 Å². The minimum Gasteiger partial charge on any atom is -0.305 e. The molecule has 0 aliphatic carbocycles. The number of nitrogens with one attached hydrogen (secondary N) is 2. The van der Waals surface area contributed by atoms with Gasteiger partial charge in [0, 0.05) is 0 Å². The molecule has 1 aromatic carbocycles. The number of halogens is 3. The number of thioether (sulfide) groups is 1. The van der Waals surface area contributed by atoms with E-state index in [0.29, 0.717) is 17.9 Å². The number of amides is 1. The summed E-state index contributed by atoms with van der Waals surface area (Å²) in [6.07, 6.45) is -3.59. The Morgan fingerprint density at radius 1 is 1.29 bits per heavy atom. The Hall–Kier alpha value is -1.50. The molecule has 136 valence electrons. The van der Waals surface area contributed by atoms with Crippen LogP contribution in [0.15, 0.2) is 24.3 Å². The summed E-state index contributed by atoms with van der Waals surface area (Å²) in [6, 6.07) is 5.38. The van der Waals surface area contributed by atoms with Crippen molar-refractivity contribution in [3.8, 4) is 0 Å². The van der Waals surface area contributed by atoms with E-state index in [9.17, 15) is 18.0 Å². The fourth-order valence-corrected chi connectivity index (χ4v) is 2.65. The maximum atomic E-state index is 12.1. The van der Waals surface area contributed by atoms with E-state index in [2.05, 4.69) is 5.32 Å². The Morgan fingerprint density at radius 2 is 1.88 bits per heavy atom. The van der Waals surface area contributed by atoms with Crippen LogP contribution in [0.2, 0.25) is 0 Å². The number of hydrogen-bond donors (Lipinski definition) is 2. The van der Waals surface area contributed by atoms with E-state index in [4.69, 9.17) is 5.41 Å². The number of hydrogen-bond acceptors (Lipinski definition) is 3. The van der Waals surface area contributed by atoms with Crippen molar-refractivity contribution in [1.29, 1.82) is 5.41 Å². The number of alkyl halides is 3. The first-order chi connectivity index (χ1) is 11.1. The smallest absolute Gasteiger partial charge is 0.305 e. The standard InChI is InChI=1S/C9H9F3.C6H10N2OS.C2H6/c1-2-7-4-3-5-8(6-7)9(10,11)12;1-3(2)4-5(9)8-6(7)10-4;1-2/h3-6H,2H2,1H3;3-4H,1-2H3,(H2,7,8,9);1-2H3. The summed E-state index contributed by atoms with van der Waals surface area (Å²) < 4.78 is 36.3. The largest absolute Gasteiger partial charge is 0.416 e. The van der Waals surface area contributed by atoms with Crippen molar-refractivity contribution in [2.45, 2.75) is 52.5 Å². The molecular weight excluding hydrogens is 337 g/mol. The second-order valence-electron chi connectivity index (χ2n) is 5.15. The average molecular weight is 362 g/mol. The molecule has 1 saturated heterocycles. The Labute approximate surface area is 145 Å². The van der Waals surface area contributed by atoms with Gasteiger partial charge in [-0.3, -0.25) is 10.2 Å². The summed E-state index contributed by atoms with van der Waals surface area (Å²) in [7, 11) is 0. The van der Waals surface area contributed by atoms with E-state index in [1.807, 2.05) is 34.6 Å². The summed E-state index contributed by atoms with van der Waals surface area (Å²) in [6.45, 7) is 9.79. The molecular formula is C17H25F3N2OS. The summed E-state index contributed by atoms with van der Waals surface area (Å²) in [5, 5.41) is 9.82. The van der Waals surface area contributed by atoms with Crippen LogP contribution in [0.25, 0.3) is 0 Å². The third-order valence-corrected chi connectivity index (χ3v) is 4.36. The Morgan fingerprint density at radius 3 is 2.21 bits per heavy atom. The topological polar surface area (TPSA) is 53.0 Å². The molecule has 2 rings (SSSR count). The van der Waals surface area contributed by atoms with Crippen molar-refractivity contribution in [3.05, 3.63) is 35.4 Å². The fourth-order valence-electron chi connectivity index (χ4n) is 1.80. The minimum atomic E-state index is -4.22. The van der Waals surface area contributed by atoms with Crippen LogP contribution in [0.3, 0.4) is 0 Å². The van der Waals surface area contributed by atoms with Crippen molar-refractivity contribution in [2.24, 2.45) is 5.92 Å². The molecule has 0 aromatic heterocycles. The third-order valence-electron chi connectivity index (χ3n) is 3.01. The molecule has 1 aliphatic rings. The predicted molar refractivity (Wildman–Crippen MR) is 94.3 cm³/mol. The van der Waals surface area contributed by atoms with Crippen molar-refractivity contribution in [3.63, 3.8) is 0 Å². The Bertz CT molecular complexity index is 545. The highest BCUT2D eigenvalue weighted by Crippen LogP contribution is 2.29. The van der Waals surface area contributed by atoms with Crippen LogP contribution in [0.1, 0.15) is 45.7 Å². The highest BCUT2D eigenvalue weighted by molar-refractivity contribution is 8.15. The van der Waals surface area contributed by atoms with E-state index in [0.717, 1.165) is 6.07 Å². The zero-order valence-electron chi connectivity index (χ0n) is 14.6. The van der Waals surface area contributed by atoms with Crippen LogP contribution in [-0.4, -0.2) is 16.3 Å². The van der Waals surface area contributed by atoms with Gasteiger partial charge < -0.3 is 5.32 Å². The minimum absolute atomic E-state index is 0.0231. The van der Waals surface area contributed by atoms with E-state index in [1.54, 1.807) is 6.07 Å². The molecule has 2 N–H and O–H groups in total. The van der Waals surface area contributed by atoms with Gasteiger partial charge in [-0.25, -0.2) is 0 Å². The lowest BCUT2D eigenvalue weighted by atomic mass is 10.1. The maximum absolute atomic E-state index is 12.1. The summed E-state index contributed by atoms with van der Waals surface area (Å²) in [4.78, 5) is 11.0. The SMILES string of the molecule is CC.CC(C)C1SC(=N)NC1=O.CCc1cccc(C(F)(F)F)c1. The summed E-state index contributed by atoms with van der Waals surface area (Å²) >= 11 is 1.30. The normalized spacial score (nSPS) is 16.8. The van der Waals surface area contributed by atoms with Crippen LogP contribution >= 0.6 is 11.8 Å². The van der Waals surface area contributed by atoms with Gasteiger partial charge in [-0.1, -0.05) is 64.6 Å². The highest BCUT2D eigenvalue weighted by atomic mass is 32.2. The molecule has 0 saturated carbocycles. The van der Waals surface area contributed by atoms with Gasteiger partial charge >= 0.3 is 6.18 Å². The second kappa shape index (κ2) is 10.4. The maximum Gasteiger partial charge on any atom is 0.416 e. The lowest BCUT2D eigenvalue weighted by Gasteiger charge is -2.07. The molecule has 3 nitrogen and oxygen atoms in total. The van der Waals surface area contributed by atoms with E-state index >= 15 is 0 Å². The van der Waals surface area contributed by atoms with E-state index in [-0.39, 0.29) is 16.3 Å². The van der Waals surface area contributed by atoms with Gasteiger partial charge in [-0.15, -0.1) is 0 Å². The van der Waals surface area contributed by atoms with Gasteiger partial charge in [0.2, 0.25) is 5.91 Å². The predicted octanol–water partition coefficient (Wildman–Crippen LogP) is 5.10. The van der Waals surface area contributed by atoms with Gasteiger partial charge in [-0.2, -0.15) is 13.2 Å². The van der Waals surface area contributed by atoms with Crippen LogP contribution in [0.5, 0.6) is 0 Å². The van der Waals surface area contributed by atoms with Gasteiger partial charge in [0.05, 0.1) is 10.8 Å². The van der Waals surface area contributed by atoms with E-state index < -0.39 is 11.7 Å². The van der Waals surface area contributed by atoms with Gasteiger partial charge in [0.25, 0.3) is 0 Å². The second-order valence-corrected chi connectivity index (χ2v) is 6.30. The lowest BCUT2D eigenvalue weighted by molar-refractivity contribution is -0.137. The Kier molecular flexibility index (Phi) is 9.73. The zero-order chi connectivity index (χ0) is 18.9. The van der Waals surface area contributed by atoms with E-state index in [1.165, 1.54) is 23.9 Å². The number of carbonyl (C=O) groups excluding carboxylic acids is 1. The number of aryl methyl sites for hydroxylation is 1. The molecule has 1 amide bonds. The summed E-state index contributed by atoms with van der Waals surface area (Å²) in [5.41, 5.74) is 0.145. The quantitative estimate of drug-likeness (QED) is 0.769. The monoisotopic (exact) mass is 362 g/mol. The van der Waals surface area contributed by atoms with Crippen LogP contribution in [0.4, 0.5) is 13.2 Å². The molecule has 1 atom stereocenters. The molecule has 24 heavy (non-hydrogen) atoms. The van der Waals surface area contributed by atoms with Crippen molar-refractivity contribution in [1.82, 2.24) is 5.32 Å². The fraction of sp³-hybridized carbons (Fsp3) is 0.529. The van der Waals surface area contributed by atoms with Crippen LogP contribution < -0.4 is 5.32 Å². The zero-order valence-corrected chi connectivity index (χ0v) is 15.4. The average Bonchev–Trinajstić information content (AvgIpc) is 2.88. The van der Waals surface area contributed by atoms with Crippen LogP contribution in [0, 0.1) is 11.3 Å². The molecule has 1 aromatic rings. The van der Waals surface area contributed by atoms with Crippen molar-refractivity contribution < 1.29 is 18.0 Å². The highest BCUT2D eigenvalue weighted by Gasteiger charge is 2.31.